The van der Waals surface area contributed by atoms with Crippen molar-refractivity contribution in [2.45, 2.75) is 6.10 Å². The molecule has 74 valence electrons. The van der Waals surface area contributed by atoms with Crippen LogP contribution in [0.2, 0.25) is 0 Å². The lowest BCUT2D eigenvalue weighted by atomic mass is 10.1. The van der Waals surface area contributed by atoms with Gasteiger partial charge in [0.2, 0.25) is 6.10 Å². The van der Waals surface area contributed by atoms with Crippen LogP contribution in [-0.2, 0) is 4.84 Å². The highest BCUT2D eigenvalue weighted by Crippen LogP contribution is 2.16. The first-order chi connectivity index (χ1) is 6.27. The number of hydrogen-bond acceptors (Lipinski definition) is 2. The van der Waals surface area contributed by atoms with Crippen LogP contribution in [0, 0.1) is 18.2 Å². The van der Waals surface area contributed by atoms with E-state index in [9.17, 15) is 4.39 Å². The van der Waals surface area contributed by atoms with Gasteiger partial charge in [-0.1, -0.05) is 18.1 Å². The van der Waals surface area contributed by atoms with Gasteiger partial charge in [0.15, 0.2) is 0 Å². The molecule has 1 atom stereocenters. The van der Waals surface area contributed by atoms with Crippen molar-refractivity contribution in [3.63, 3.8) is 0 Å². The Morgan fingerprint density at radius 1 is 1.43 bits per heavy atom. The van der Waals surface area contributed by atoms with E-state index in [1.807, 2.05) is 0 Å². The van der Waals surface area contributed by atoms with Gasteiger partial charge in [0.05, 0.1) is 0 Å². The molecule has 0 heterocycles. The number of rotatable bonds is 3. The van der Waals surface area contributed by atoms with Gasteiger partial charge >= 0.3 is 0 Å². The fourth-order valence-corrected chi connectivity index (χ4v) is 0.900. The molecule has 0 fully saturated rings. The zero-order valence-corrected chi connectivity index (χ0v) is 8.13. The summed E-state index contributed by atoms with van der Waals surface area (Å²) in [7, 11) is 0. The van der Waals surface area contributed by atoms with Crippen LogP contribution in [0.3, 0.4) is 0 Å². The third-order valence-corrected chi connectivity index (χ3v) is 1.50. The molecule has 1 aromatic carbocycles. The van der Waals surface area contributed by atoms with Crippen LogP contribution in [-0.4, -0.2) is 6.72 Å². The summed E-state index contributed by atoms with van der Waals surface area (Å²) in [6.07, 6.45) is 4.57. The van der Waals surface area contributed by atoms with Crippen LogP contribution >= 0.6 is 12.4 Å². The van der Waals surface area contributed by atoms with Gasteiger partial charge in [-0.3, -0.25) is 0 Å². The molecular weight excluding hydrogens is 205 g/mol. The van der Waals surface area contributed by atoms with Crippen molar-refractivity contribution < 1.29 is 9.23 Å². The molecule has 14 heavy (non-hydrogen) atoms. The van der Waals surface area contributed by atoms with E-state index in [0.29, 0.717) is 5.56 Å². The molecule has 1 aromatic rings. The molecule has 0 spiro atoms. The van der Waals surface area contributed by atoms with E-state index in [4.69, 9.17) is 11.3 Å². The Morgan fingerprint density at radius 2 is 2.00 bits per heavy atom. The van der Waals surface area contributed by atoms with Crippen LogP contribution in [0.4, 0.5) is 4.39 Å². The van der Waals surface area contributed by atoms with E-state index in [1.165, 1.54) is 12.1 Å². The molecule has 0 saturated heterocycles. The summed E-state index contributed by atoms with van der Waals surface area (Å²) >= 11 is 0. The molecule has 4 heteroatoms. The van der Waals surface area contributed by atoms with E-state index in [-0.39, 0.29) is 18.2 Å². The Morgan fingerprint density at radius 3 is 2.43 bits per heavy atom. The highest BCUT2D eigenvalue weighted by Gasteiger charge is 2.07. The summed E-state index contributed by atoms with van der Waals surface area (Å²) in [5.41, 5.74) is 0.677. The molecule has 0 aliphatic heterocycles. The molecule has 0 aliphatic carbocycles. The Labute approximate surface area is 88.2 Å². The molecule has 2 nitrogen and oxygen atoms in total. The molecule has 0 amide bonds. The van der Waals surface area contributed by atoms with Crippen LogP contribution in [0.25, 0.3) is 0 Å². The van der Waals surface area contributed by atoms with Crippen LogP contribution in [0.5, 0.6) is 0 Å². The van der Waals surface area contributed by atoms with E-state index >= 15 is 0 Å². The lowest BCUT2D eigenvalue weighted by molar-refractivity contribution is 0.102. The number of benzene rings is 1. The average Bonchev–Trinajstić information content (AvgIpc) is 2.16. The van der Waals surface area contributed by atoms with Crippen molar-refractivity contribution in [3.8, 4) is 12.3 Å². The van der Waals surface area contributed by atoms with Crippen molar-refractivity contribution in [1.29, 1.82) is 0 Å². The zero-order chi connectivity index (χ0) is 9.68. The fraction of sp³-hybridized carbons (Fsp3) is 0.100. The van der Waals surface area contributed by atoms with Crippen molar-refractivity contribution >= 4 is 19.1 Å². The minimum atomic E-state index is -0.599. The second-order valence-corrected chi connectivity index (χ2v) is 2.33. The summed E-state index contributed by atoms with van der Waals surface area (Å²) in [6.45, 7) is 3.15. The molecule has 0 bridgehead atoms. The van der Waals surface area contributed by atoms with Gasteiger partial charge in [0, 0.05) is 12.3 Å². The quantitative estimate of drug-likeness (QED) is 0.430. The Bertz CT molecular complexity index is 331. The predicted molar refractivity (Wildman–Crippen MR) is 55.9 cm³/mol. The highest BCUT2D eigenvalue weighted by atomic mass is 35.5. The normalized spacial score (nSPS) is 10.6. The maximum Gasteiger partial charge on any atom is 0.212 e. The second kappa shape index (κ2) is 6.01. The number of terminal acetylenes is 1. The standard InChI is InChI=1S/C10H8FNO.ClH/c1-3-10(13-12-2)8-4-6-9(11)7-5-8;/h1,4-7,10H,2H2;1H. The van der Waals surface area contributed by atoms with Gasteiger partial charge in [-0.2, -0.15) is 0 Å². The van der Waals surface area contributed by atoms with E-state index in [2.05, 4.69) is 17.8 Å². The Hall–Kier alpha value is -1.53. The lowest BCUT2D eigenvalue weighted by Crippen LogP contribution is -1.96. The lowest BCUT2D eigenvalue weighted by Gasteiger charge is -2.07. The fourth-order valence-electron chi connectivity index (χ4n) is 0.900. The van der Waals surface area contributed by atoms with Crippen molar-refractivity contribution in [2.24, 2.45) is 5.16 Å². The third kappa shape index (κ3) is 3.08. The minimum Gasteiger partial charge on any atom is -0.375 e. The molecular formula is C10H9ClFNO. The molecule has 0 saturated carbocycles. The van der Waals surface area contributed by atoms with E-state index in [1.54, 1.807) is 12.1 Å². The van der Waals surface area contributed by atoms with E-state index in [0.717, 1.165) is 0 Å². The van der Waals surface area contributed by atoms with Gasteiger partial charge < -0.3 is 4.84 Å². The molecule has 0 radical (unpaired) electrons. The zero-order valence-electron chi connectivity index (χ0n) is 7.31. The van der Waals surface area contributed by atoms with E-state index < -0.39 is 6.10 Å². The third-order valence-electron chi connectivity index (χ3n) is 1.50. The van der Waals surface area contributed by atoms with Crippen LogP contribution in [0.15, 0.2) is 29.4 Å². The summed E-state index contributed by atoms with van der Waals surface area (Å²) in [5, 5.41) is 3.22. The SMILES string of the molecule is C#CC(ON=C)c1ccc(F)cc1.Cl. The van der Waals surface area contributed by atoms with Crippen molar-refractivity contribution in [2.75, 3.05) is 0 Å². The number of hydrogen-bond donors (Lipinski definition) is 0. The molecule has 0 aromatic heterocycles. The van der Waals surface area contributed by atoms with Gasteiger partial charge in [0.1, 0.15) is 5.82 Å². The molecule has 0 N–H and O–H groups in total. The number of oxime groups is 1. The predicted octanol–water partition coefficient (Wildman–Crippen LogP) is 2.55. The van der Waals surface area contributed by atoms with Gasteiger partial charge in [-0.25, -0.2) is 4.39 Å². The van der Waals surface area contributed by atoms with Gasteiger partial charge in [-0.05, 0) is 12.1 Å². The molecule has 0 aliphatic rings. The summed E-state index contributed by atoms with van der Waals surface area (Å²) in [6, 6.07) is 5.72. The first-order valence-corrected chi connectivity index (χ1v) is 3.61. The van der Waals surface area contributed by atoms with Crippen molar-refractivity contribution in [1.82, 2.24) is 0 Å². The topological polar surface area (TPSA) is 21.6 Å². The Balaban J connectivity index is 0.00000169. The van der Waals surface area contributed by atoms with Crippen molar-refractivity contribution in [3.05, 3.63) is 35.6 Å². The smallest absolute Gasteiger partial charge is 0.212 e. The maximum absolute atomic E-state index is 12.5. The number of nitrogens with zero attached hydrogens (tertiary/aromatic N) is 1. The largest absolute Gasteiger partial charge is 0.375 e. The van der Waals surface area contributed by atoms with Crippen LogP contribution < -0.4 is 0 Å². The summed E-state index contributed by atoms with van der Waals surface area (Å²) < 4.78 is 12.5. The van der Waals surface area contributed by atoms with Crippen LogP contribution in [0.1, 0.15) is 11.7 Å². The van der Waals surface area contributed by atoms with Gasteiger partial charge in [-0.15, -0.1) is 24.0 Å². The summed E-state index contributed by atoms with van der Waals surface area (Å²) in [4.78, 5) is 4.77. The maximum atomic E-state index is 12.5. The monoisotopic (exact) mass is 213 g/mol. The average molecular weight is 214 g/mol. The molecule has 1 unspecified atom stereocenters. The van der Waals surface area contributed by atoms with Gasteiger partial charge in [0.25, 0.3) is 0 Å². The molecule has 1 rings (SSSR count). The first-order valence-electron chi connectivity index (χ1n) is 3.61. The number of halogens is 2. The summed E-state index contributed by atoms with van der Waals surface area (Å²) in [5.74, 6) is 2.05. The first kappa shape index (κ1) is 12.5. The Kier molecular flexibility index (Phi) is 5.35. The highest BCUT2D eigenvalue weighted by molar-refractivity contribution is 5.85. The second-order valence-electron chi connectivity index (χ2n) is 2.33. The minimum absolute atomic E-state index is 0.